The van der Waals surface area contributed by atoms with Crippen molar-refractivity contribution in [1.82, 2.24) is 0 Å². The number of rotatable bonds is 1. The molecule has 2 aromatic rings. The number of hydrogen-bond donors (Lipinski definition) is 0. The zero-order valence-corrected chi connectivity index (χ0v) is 12.4. The van der Waals surface area contributed by atoms with E-state index in [1.54, 1.807) is 6.07 Å². The van der Waals surface area contributed by atoms with Crippen molar-refractivity contribution in [2.45, 2.75) is 12.8 Å². The third kappa shape index (κ3) is 2.42. The summed E-state index contributed by atoms with van der Waals surface area (Å²) in [6, 6.07) is 13.1. The second-order valence-corrected chi connectivity index (χ2v) is 5.80. The molecule has 2 aliphatic rings. The van der Waals surface area contributed by atoms with Gasteiger partial charge in [0, 0.05) is 12.0 Å². The average molecular weight is 305 g/mol. The molecule has 1 unspecified atom stereocenters. The molecule has 4 heteroatoms. The normalized spacial score (nSPS) is 18.4. The first-order valence-corrected chi connectivity index (χ1v) is 7.65. The molecule has 1 aliphatic carbocycles. The molecule has 0 radical (unpaired) electrons. The van der Waals surface area contributed by atoms with Crippen LogP contribution in [0.1, 0.15) is 23.1 Å². The van der Waals surface area contributed by atoms with Crippen molar-refractivity contribution < 1.29 is 9.66 Å². The van der Waals surface area contributed by atoms with Crippen LogP contribution in [0.5, 0.6) is 5.75 Å². The van der Waals surface area contributed by atoms with Gasteiger partial charge in [0.15, 0.2) is 0 Å². The fraction of sp³-hybridized carbons (Fsp3) is 0.158. The highest BCUT2D eigenvalue weighted by molar-refractivity contribution is 5.75. The van der Waals surface area contributed by atoms with E-state index in [9.17, 15) is 10.1 Å². The number of benzene rings is 2. The number of para-hydroxylation sites is 1. The lowest BCUT2D eigenvalue weighted by Gasteiger charge is -2.13. The summed E-state index contributed by atoms with van der Waals surface area (Å²) >= 11 is 0. The Balaban J connectivity index is 1.86. The van der Waals surface area contributed by atoms with Gasteiger partial charge in [0.2, 0.25) is 0 Å². The van der Waals surface area contributed by atoms with Crippen LogP contribution in [0.4, 0.5) is 5.69 Å². The van der Waals surface area contributed by atoms with Gasteiger partial charge in [-0.05, 0) is 36.1 Å². The van der Waals surface area contributed by atoms with Crippen molar-refractivity contribution in [1.29, 1.82) is 0 Å². The molecule has 1 atom stereocenters. The molecule has 0 fully saturated rings. The lowest BCUT2D eigenvalue weighted by Crippen LogP contribution is -2.05. The van der Waals surface area contributed by atoms with Crippen molar-refractivity contribution >= 4 is 17.8 Å². The minimum Gasteiger partial charge on any atom is -0.461 e. The van der Waals surface area contributed by atoms with Crippen molar-refractivity contribution in [3.8, 4) is 5.75 Å². The van der Waals surface area contributed by atoms with E-state index in [4.69, 9.17) is 4.74 Å². The first-order chi connectivity index (χ1) is 11.2. The Labute approximate surface area is 133 Å². The van der Waals surface area contributed by atoms with E-state index < -0.39 is 0 Å². The standard InChI is InChI=1S/C19H15NO3/c21-20(22)17-6-3-5-13-8-9-15-11-10-14-4-1-2-7-18(14)23-19(15)12-16(13)17/h1-9,12,15H,10-11H2. The highest BCUT2D eigenvalue weighted by atomic mass is 16.6. The minimum absolute atomic E-state index is 0.112. The lowest BCUT2D eigenvalue weighted by atomic mass is 9.98. The lowest BCUT2D eigenvalue weighted by molar-refractivity contribution is -0.385. The SMILES string of the molecule is O=[N+]([O-])c1cccc2c1C=C1Oc3ccccc3CCC1C=C2. The molecule has 1 aliphatic heterocycles. The highest BCUT2D eigenvalue weighted by Crippen LogP contribution is 2.37. The van der Waals surface area contributed by atoms with E-state index in [0.717, 1.165) is 29.9 Å². The fourth-order valence-corrected chi connectivity index (χ4v) is 3.19. The Kier molecular flexibility index (Phi) is 3.23. The van der Waals surface area contributed by atoms with Crippen LogP contribution >= 0.6 is 0 Å². The van der Waals surface area contributed by atoms with Crippen LogP contribution in [-0.2, 0) is 6.42 Å². The number of fused-ring (bicyclic) bond motifs is 3. The van der Waals surface area contributed by atoms with Gasteiger partial charge >= 0.3 is 0 Å². The molecular weight excluding hydrogens is 290 g/mol. The molecule has 0 saturated heterocycles. The summed E-state index contributed by atoms with van der Waals surface area (Å²) < 4.78 is 6.12. The van der Waals surface area contributed by atoms with Gasteiger partial charge < -0.3 is 4.74 Å². The van der Waals surface area contributed by atoms with Crippen LogP contribution in [0.25, 0.3) is 12.2 Å². The predicted octanol–water partition coefficient (Wildman–Crippen LogP) is 4.60. The Hall–Kier alpha value is -2.88. The second kappa shape index (κ2) is 5.39. The predicted molar refractivity (Wildman–Crippen MR) is 89.0 cm³/mol. The molecule has 0 spiro atoms. The molecule has 1 heterocycles. The Morgan fingerprint density at radius 2 is 2.00 bits per heavy atom. The third-order valence-electron chi connectivity index (χ3n) is 4.40. The monoisotopic (exact) mass is 305 g/mol. The maximum Gasteiger partial charge on any atom is 0.277 e. The minimum atomic E-state index is -0.339. The number of hydrogen-bond acceptors (Lipinski definition) is 3. The summed E-state index contributed by atoms with van der Waals surface area (Å²) in [6.45, 7) is 0. The van der Waals surface area contributed by atoms with Gasteiger partial charge in [-0.15, -0.1) is 0 Å². The molecule has 0 amide bonds. The van der Waals surface area contributed by atoms with Crippen LogP contribution in [0.3, 0.4) is 0 Å². The third-order valence-corrected chi connectivity index (χ3v) is 4.40. The molecule has 23 heavy (non-hydrogen) atoms. The second-order valence-electron chi connectivity index (χ2n) is 5.80. The van der Waals surface area contributed by atoms with Gasteiger partial charge in [0.1, 0.15) is 11.5 Å². The van der Waals surface area contributed by atoms with Crippen LogP contribution in [0, 0.1) is 16.0 Å². The summed E-state index contributed by atoms with van der Waals surface area (Å²) in [7, 11) is 0. The molecule has 114 valence electrons. The topological polar surface area (TPSA) is 52.4 Å². The molecule has 0 N–H and O–H groups in total. The zero-order chi connectivity index (χ0) is 15.8. The van der Waals surface area contributed by atoms with Crippen LogP contribution < -0.4 is 4.74 Å². The maximum absolute atomic E-state index is 11.3. The Morgan fingerprint density at radius 1 is 1.13 bits per heavy atom. The molecule has 4 rings (SSSR count). The molecule has 2 aromatic carbocycles. The smallest absolute Gasteiger partial charge is 0.277 e. The molecule has 4 nitrogen and oxygen atoms in total. The quantitative estimate of drug-likeness (QED) is 0.571. The highest BCUT2D eigenvalue weighted by Gasteiger charge is 2.25. The van der Waals surface area contributed by atoms with E-state index >= 15 is 0 Å². The number of aryl methyl sites for hydroxylation is 1. The molecular formula is C19H15NO3. The first kappa shape index (κ1) is 13.8. The number of nitro groups is 1. The largest absolute Gasteiger partial charge is 0.461 e. The first-order valence-electron chi connectivity index (χ1n) is 7.65. The zero-order valence-electron chi connectivity index (χ0n) is 12.4. The van der Waals surface area contributed by atoms with Crippen LogP contribution in [0.15, 0.2) is 54.3 Å². The number of allylic oxidation sites excluding steroid dienone is 1. The summed E-state index contributed by atoms with van der Waals surface area (Å²) in [5, 5.41) is 11.3. The molecule has 0 saturated carbocycles. The van der Waals surface area contributed by atoms with Crippen LogP contribution in [0.2, 0.25) is 0 Å². The Morgan fingerprint density at radius 3 is 2.87 bits per heavy atom. The van der Waals surface area contributed by atoms with Crippen molar-refractivity contribution in [2.24, 2.45) is 5.92 Å². The van der Waals surface area contributed by atoms with Gasteiger partial charge in [-0.1, -0.05) is 42.5 Å². The van der Waals surface area contributed by atoms with Gasteiger partial charge in [0.25, 0.3) is 5.69 Å². The van der Waals surface area contributed by atoms with E-state index in [1.165, 1.54) is 11.6 Å². The van der Waals surface area contributed by atoms with E-state index in [1.807, 2.05) is 36.4 Å². The van der Waals surface area contributed by atoms with E-state index in [2.05, 4.69) is 12.1 Å². The average Bonchev–Trinajstić information content (AvgIpc) is 2.83. The van der Waals surface area contributed by atoms with Gasteiger partial charge in [0.05, 0.1) is 10.5 Å². The van der Waals surface area contributed by atoms with Crippen molar-refractivity contribution in [3.63, 3.8) is 0 Å². The van der Waals surface area contributed by atoms with Gasteiger partial charge in [-0.3, -0.25) is 10.1 Å². The molecule has 0 bridgehead atoms. The summed E-state index contributed by atoms with van der Waals surface area (Å²) in [4.78, 5) is 11.0. The van der Waals surface area contributed by atoms with Gasteiger partial charge in [-0.25, -0.2) is 0 Å². The Bertz CT molecular complexity index is 851. The number of nitrogens with zero attached hydrogens (tertiary/aromatic N) is 1. The van der Waals surface area contributed by atoms with Crippen molar-refractivity contribution in [2.75, 3.05) is 0 Å². The number of ether oxygens (including phenoxy) is 1. The van der Waals surface area contributed by atoms with Gasteiger partial charge in [-0.2, -0.15) is 0 Å². The summed E-state index contributed by atoms with van der Waals surface area (Å²) in [5.41, 5.74) is 2.77. The van der Waals surface area contributed by atoms with Crippen molar-refractivity contribution in [3.05, 3.63) is 81.1 Å². The number of nitro benzene ring substituents is 1. The van der Waals surface area contributed by atoms with E-state index in [0.29, 0.717) is 5.56 Å². The van der Waals surface area contributed by atoms with E-state index in [-0.39, 0.29) is 16.5 Å². The molecule has 0 aromatic heterocycles. The maximum atomic E-state index is 11.3. The summed E-state index contributed by atoms with van der Waals surface area (Å²) in [6.07, 6.45) is 7.76. The van der Waals surface area contributed by atoms with Crippen LogP contribution in [-0.4, -0.2) is 4.92 Å². The fourth-order valence-electron chi connectivity index (χ4n) is 3.19. The summed E-state index contributed by atoms with van der Waals surface area (Å²) in [5.74, 6) is 1.75.